The standard InChI is InChI=1S/C17H24N4O2/c1-12(11-18-2)16(22)20-9-7-13(8-10-20)21-15-6-4-3-5-14(15)19-17(21)23/h3-6,12-13,18H,7-11H2,1-2H3,(H,19,23). The summed E-state index contributed by atoms with van der Waals surface area (Å²) in [7, 11) is 1.86. The highest BCUT2D eigenvalue weighted by Crippen LogP contribution is 2.25. The fourth-order valence-electron chi connectivity index (χ4n) is 3.49. The molecule has 1 aliphatic rings. The molecule has 1 aromatic carbocycles. The SMILES string of the molecule is CNCC(C)C(=O)N1CCC(n2c(=O)[nH]c3ccccc32)CC1. The van der Waals surface area contributed by atoms with Crippen molar-refractivity contribution < 1.29 is 4.79 Å². The molecule has 1 fully saturated rings. The quantitative estimate of drug-likeness (QED) is 0.894. The number of hydrogen-bond acceptors (Lipinski definition) is 3. The minimum Gasteiger partial charge on any atom is -0.342 e. The van der Waals surface area contributed by atoms with Gasteiger partial charge in [0.05, 0.1) is 11.0 Å². The van der Waals surface area contributed by atoms with Crippen molar-refractivity contribution in [2.75, 3.05) is 26.7 Å². The fraction of sp³-hybridized carbons (Fsp3) is 0.529. The molecule has 0 spiro atoms. The molecule has 2 N–H and O–H groups in total. The van der Waals surface area contributed by atoms with E-state index in [-0.39, 0.29) is 23.6 Å². The van der Waals surface area contributed by atoms with Gasteiger partial charge >= 0.3 is 5.69 Å². The molecule has 1 amide bonds. The molecule has 3 rings (SSSR count). The third-order valence-electron chi connectivity index (χ3n) is 4.70. The molecule has 2 heterocycles. The van der Waals surface area contributed by atoms with Gasteiger partial charge in [-0.25, -0.2) is 4.79 Å². The topological polar surface area (TPSA) is 70.1 Å². The number of likely N-dealkylation sites (tertiary alicyclic amines) is 1. The summed E-state index contributed by atoms with van der Waals surface area (Å²) in [6, 6.07) is 7.92. The Morgan fingerprint density at radius 1 is 1.35 bits per heavy atom. The van der Waals surface area contributed by atoms with Gasteiger partial charge in [0.2, 0.25) is 5.91 Å². The van der Waals surface area contributed by atoms with Gasteiger partial charge in [-0.15, -0.1) is 0 Å². The predicted molar refractivity (Wildman–Crippen MR) is 90.5 cm³/mol. The summed E-state index contributed by atoms with van der Waals surface area (Å²) in [4.78, 5) is 29.5. The number of carbonyl (C=O) groups is 1. The second-order valence-electron chi connectivity index (χ2n) is 6.33. The van der Waals surface area contributed by atoms with E-state index in [1.807, 2.05) is 47.7 Å². The number of rotatable bonds is 4. The smallest absolute Gasteiger partial charge is 0.326 e. The summed E-state index contributed by atoms with van der Waals surface area (Å²) >= 11 is 0. The van der Waals surface area contributed by atoms with Gasteiger partial charge in [-0.2, -0.15) is 0 Å². The Kier molecular flexibility index (Phi) is 4.52. The second kappa shape index (κ2) is 6.58. The molecule has 0 bridgehead atoms. The molecule has 1 aromatic heterocycles. The van der Waals surface area contributed by atoms with Crippen LogP contribution in [0.4, 0.5) is 0 Å². The highest BCUT2D eigenvalue weighted by molar-refractivity contribution is 5.79. The number of fused-ring (bicyclic) bond motifs is 1. The Bertz CT molecular complexity index is 740. The van der Waals surface area contributed by atoms with Crippen LogP contribution < -0.4 is 11.0 Å². The second-order valence-corrected chi connectivity index (χ2v) is 6.33. The van der Waals surface area contributed by atoms with Crippen LogP contribution in [0.5, 0.6) is 0 Å². The van der Waals surface area contributed by atoms with Crippen molar-refractivity contribution in [3.63, 3.8) is 0 Å². The number of piperidine rings is 1. The molecule has 1 atom stereocenters. The van der Waals surface area contributed by atoms with Crippen LogP contribution in [0.2, 0.25) is 0 Å². The number of carbonyl (C=O) groups excluding carboxylic acids is 1. The van der Waals surface area contributed by atoms with Crippen molar-refractivity contribution in [1.82, 2.24) is 19.8 Å². The Morgan fingerprint density at radius 2 is 2.04 bits per heavy atom. The van der Waals surface area contributed by atoms with Gasteiger partial charge in [-0.1, -0.05) is 19.1 Å². The summed E-state index contributed by atoms with van der Waals surface area (Å²) in [6.45, 7) is 4.07. The molecular formula is C17H24N4O2. The van der Waals surface area contributed by atoms with E-state index < -0.39 is 0 Å². The lowest BCUT2D eigenvalue weighted by molar-refractivity contribution is -0.136. The lowest BCUT2D eigenvalue weighted by Crippen LogP contribution is -2.44. The molecule has 124 valence electrons. The molecule has 0 aliphatic carbocycles. The average molecular weight is 316 g/mol. The first-order valence-corrected chi connectivity index (χ1v) is 8.24. The van der Waals surface area contributed by atoms with Crippen LogP contribution >= 0.6 is 0 Å². The Morgan fingerprint density at radius 3 is 2.74 bits per heavy atom. The van der Waals surface area contributed by atoms with Crippen LogP contribution in [0.1, 0.15) is 25.8 Å². The van der Waals surface area contributed by atoms with Crippen LogP contribution in [0.3, 0.4) is 0 Å². The van der Waals surface area contributed by atoms with E-state index in [1.54, 1.807) is 0 Å². The maximum absolute atomic E-state index is 12.4. The minimum atomic E-state index is -0.0560. The van der Waals surface area contributed by atoms with Crippen molar-refractivity contribution in [2.45, 2.75) is 25.8 Å². The number of aromatic amines is 1. The van der Waals surface area contributed by atoms with Gasteiger partial charge in [0.15, 0.2) is 0 Å². The zero-order valence-electron chi connectivity index (χ0n) is 13.7. The van der Waals surface area contributed by atoms with Crippen molar-refractivity contribution in [3.05, 3.63) is 34.7 Å². The van der Waals surface area contributed by atoms with E-state index >= 15 is 0 Å². The van der Waals surface area contributed by atoms with Crippen molar-refractivity contribution in [2.24, 2.45) is 5.92 Å². The van der Waals surface area contributed by atoms with Crippen LogP contribution in [0.25, 0.3) is 11.0 Å². The molecule has 0 saturated carbocycles. The first kappa shape index (κ1) is 15.8. The highest BCUT2D eigenvalue weighted by Gasteiger charge is 2.27. The number of H-pyrrole nitrogens is 1. The summed E-state index contributed by atoms with van der Waals surface area (Å²) < 4.78 is 1.86. The maximum atomic E-state index is 12.4. The number of nitrogens with zero attached hydrogens (tertiary/aromatic N) is 2. The average Bonchev–Trinajstić information content (AvgIpc) is 2.90. The van der Waals surface area contributed by atoms with Crippen LogP contribution in [0.15, 0.2) is 29.1 Å². The molecule has 23 heavy (non-hydrogen) atoms. The zero-order valence-corrected chi connectivity index (χ0v) is 13.7. The molecule has 1 aliphatic heterocycles. The number of nitrogens with one attached hydrogen (secondary N) is 2. The van der Waals surface area contributed by atoms with E-state index in [9.17, 15) is 9.59 Å². The summed E-state index contributed by atoms with van der Waals surface area (Å²) in [5, 5.41) is 3.05. The zero-order chi connectivity index (χ0) is 16.4. The van der Waals surface area contributed by atoms with Gasteiger partial charge in [-0.3, -0.25) is 9.36 Å². The number of hydrogen-bond donors (Lipinski definition) is 2. The third kappa shape index (κ3) is 3.03. The van der Waals surface area contributed by atoms with E-state index in [2.05, 4.69) is 10.3 Å². The van der Waals surface area contributed by atoms with Crippen molar-refractivity contribution >= 4 is 16.9 Å². The largest absolute Gasteiger partial charge is 0.342 e. The first-order chi connectivity index (χ1) is 11.1. The molecule has 1 unspecified atom stereocenters. The van der Waals surface area contributed by atoms with Gasteiger partial charge in [0.1, 0.15) is 0 Å². The first-order valence-electron chi connectivity index (χ1n) is 8.24. The summed E-state index contributed by atoms with van der Waals surface area (Å²) in [5.74, 6) is 0.191. The Labute approximate surface area is 135 Å². The van der Waals surface area contributed by atoms with E-state index in [0.717, 1.165) is 23.9 Å². The van der Waals surface area contributed by atoms with Crippen molar-refractivity contribution in [3.8, 4) is 0 Å². The predicted octanol–water partition coefficient (Wildman–Crippen LogP) is 1.35. The summed E-state index contributed by atoms with van der Waals surface area (Å²) in [5.41, 5.74) is 1.77. The summed E-state index contributed by atoms with van der Waals surface area (Å²) in [6.07, 6.45) is 1.64. The number of para-hydroxylation sites is 2. The Balaban J connectivity index is 1.72. The Hall–Kier alpha value is -2.08. The molecular weight excluding hydrogens is 292 g/mol. The molecule has 2 aromatic rings. The van der Waals surface area contributed by atoms with E-state index in [1.165, 1.54) is 0 Å². The number of imidazole rings is 1. The van der Waals surface area contributed by atoms with Crippen LogP contribution in [-0.2, 0) is 4.79 Å². The maximum Gasteiger partial charge on any atom is 0.326 e. The lowest BCUT2D eigenvalue weighted by atomic mass is 10.0. The van der Waals surface area contributed by atoms with Gasteiger partial charge < -0.3 is 15.2 Å². The van der Waals surface area contributed by atoms with Crippen LogP contribution in [0, 0.1) is 5.92 Å². The number of aromatic nitrogens is 2. The molecule has 6 nitrogen and oxygen atoms in total. The minimum absolute atomic E-state index is 0.00707. The number of amides is 1. The highest BCUT2D eigenvalue weighted by atomic mass is 16.2. The van der Waals surface area contributed by atoms with Gasteiger partial charge in [0, 0.05) is 31.6 Å². The van der Waals surface area contributed by atoms with Gasteiger partial charge in [-0.05, 0) is 32.0 Å². The monoisotopic (exact) mass is 316 g/mol. The molecule has 1 saturated heterocycles. The molecule has 0 radical (unpaired) electrons. The van der Waals surface area contributed by atoms with Gasteiger partial charge in [0.25, 0.3) is 0 Å². The lowest BCUT2D eigenvalue weighted by Gasteiger charge is -2.34. The number of benzene rings is 1. The molecule has 6 heteroatoms. The van der Waals surface area contributed by atoms with E-state index in [4.69, 9.17) is 0 Å². The fourth-order valence-corrected chi connectivity index (χ4v) is 3.49. The van der Waals surface area contributed by atoms with E-state index in [0.29, 0.717) is 19.6 Å². The van der Waals surface area contributed by atoms with Crippen molar-refractivity contribution in [1.29, 1.82) is 0 Å². The third-order valence-corrected chi connectivity index (χ3v) is 4.70. The normalized spacial score (nSPS) is 17.6. The van der Waals surface area contributed by atoms with Crippen LogP contribution in [-0.4, -0.2) is 47.0 Å².